The van der Waals surface area contributed by atoms with Gasteiger partial charge in [0.15, 0.2) is 0 Å². The summed E-state index contributed by atoms with van der Waals surface area (Å²) in [4.78, 5) is 0. The normalized spacial score (nSPS) is 12.5. The molecule has 0 saturated carbocycles. The van der Waals surface area contributed by atoms with Gasteiger partial charge in [0.2, 0.25) is 0 Å². The van der Waals surface area contributed by atoms with Crippen LogP contribution in [0.2, 0.25) is 12.1 Å². The predicted molar refractivity (Wildman–Crippen MR) is 170 cm³/mol. The molecule has 0 atom stereocenters. The lowest BCUT2D eigenvalue weighted by atomic mass is 10.1. The Labute approximate surface area is 245 Å². The lowest BCUT2D eigenvalue weighted by Crippen LogP contribution is -2.59. The van der Waals surface area contributed by atoms with Crippen molar-refractivity contribution in [2.45, 2.75) is 144 Å². The molecule has 0 unspecified atom stereocenters. The molecule has 0 amide bonds. The molecule has 0 aliphatic rings. The van der Waals surface area contributed by atoms with Crippen molar-refractivity contribution in [2.24, 2.45) is 0 Å². The molecule has 0 rings (SSSR count). The van der Waals surface area contributed by atoms with Gasteiger partial charge in [-0.2, -0.15) is 0 Å². The largest absolute Gasteiger partial charge is 0.493 e. The Balaban J connectivity index is 4.84. The zero-order valence-electron chi connectivity index (χ0n) is 27.0. The number of hydrogen-bond donors (Lipinski definition) is 2. The Morgan fingerprint density at radius 1 is 0.385 bits per heavy atom. The van der Waals surface area contributed by atoms with E-state index >= 15 is 0 Å². The third-order valence-electron chi connectivity index (χ3n) is 6.86. The highest BCUT2D eigenvalue weighted by Gasteiger charge is 2.52. The first-order chi connectivity index (χ1) is 19.1. The van der Waals surface area contributed by atoms with Gasteiger partial charge in [-0.15, -0.1) is 0 Å². The van der Waals surface area contributed by atoms with Crippen LogP contribution in [0.4, 0.5) is 0 Å². The second kappa shape index (κ2) is 28.3. The second-order valence-electron chi connectivity index (χ2n) is 10.4. The van der Waals surface area contributed by atoms with E-state index in [-0.39, 0.29) is 0 Å². The van der Waals surface area contributed by atoms with Crippen molar-refractivity contribution in [3.8, 4) is 0 Å². The van der Waals surface area contributed by atoms with Crippen LogP contribution >= 0.6 is 0 Å². The molecular formula is C30H68N2O5Si2. The molecule has 2 N–H and O–H groups in total. The zero-order chi connectivity index (χ0) is 28.9. The highest BCUT2D eigenvalue weighted by atomic mass is 28.5. The monoisotopic (exact) mass is 592 g/mol. The third kappa shape index (κ3) is 21.5. The second-order valence-corrected chi connectivity index (χ2v) is 16.1. The first kappa shape index (κ1) is 39.2. The van der Waals surface area contributed by atoms with Crippen LogP contribution in [0, 0.1) is 0 Å². The molecule has 0 saturated heterocycles. The van der Waals surface area contributed by atoms with E-state index in [2.05, 4.69) is 24.5 Å². The van der Waals surface area contributed by atoms with Crippen LogP contribution in [0.5, 0.6) is 0 Å². The number of unbranched alkanes of at least 4 members (excludes halogenated alkanes) is 10. The van der Waals surface area contributed by atoms with E-state index in [1.807, 2.05) is 27.7 Å². The molecule has 9 heteroatoms. The van der Waals surface area contributed by atoms with Gasteiger partial charge in [0, 0.05) is 38.5 Å². The minimum Gasteiger partial charge on any atom is -0.374 e. The number of hydrogen-bond acceptors (Lipinski definition) is 7. The molecule has 0 aromatic carbocycles. The van der Waals surface area contributed by atoms with Crippen LogP contribution < -0.4 is 10.6 Å². The Morgan fingerprint density at radius 2 is 0.692 bits per heavy atom. The molecular weight excluding hydrogens is 525 g/mol. The Morgan fingerprint density at radius 3 is 1.03 bits per heavy atom. The SMILES string of the molecule is CCCCCCCCNCCC[Si](OCC)(OCC)O[Si](CCCNCCCCCCCC)(OCC)OCC. The van der Waals surface area contributed by atoms with Gasteiger partial charge < -0.3 is 32.5 Å². The molecule has 0 aromatic rings. The molecule has 0 aromatic heterocycles. The summed E-state index contributed by atoms with van der Waals surface area (Å²) < 4.78 is 32.2. The van der Waals surface area contributed by atoms with Crippen LogP contribution in [-0.4, -0.2) is 70.2 Å². The Hall–Kier alpha value is 0.154. The highest BCUT2D eigenvalue weighted by molar-refractivity contribution is 6.75. The average Bonchev–Trinajstić information content (AvgIpc) is 2.91. The summed E-state index contributed by atoms with van der Waals surface area (Å²) in [6.07, 6.45) is 17.8. The minimum absolute atomic E-state index is 0.569. The van der Waals surface area contributed by atoms with Gasteiger partial charge in [-0.3, -0.25) is 0 Å². The van der Waals surface area contributed by atoms with Gasteiger partial charge in [-0.1, -0.05) is 78.1 Å². The van der Waals surface area contributed by atoms with Crippen molar-refractivity contribution >= 4 is 17.6 Å². The highest BCUT2D eigenvalue weighted by Crippen LogP contribution is 2.28. The predicted octanol–water partition coefficient (Wildman–Crippen LogP) is 7.71. The fourth-order valence-electron chi connectivity index (χ4n) is 4.88. The van der Waals surface area contributed by atoms with E-state index < -0.39 is 17.6 Å². The van der Waals surface area contributed by atoms with Crippen LogP contribution in [0.3, 0.4) is 0 Å². The maximum atomic E-state index is 6.89. The fourth-order valence-corrected chi connectivity index (χ4v) is 12.3. The summed E-state index contributed by atoms with van der Waals surface area (Å²) in [7, 11) is -5.88. The molecule has 0 spiro atoms. The van der Waals surface area contributed by atoms with E-state index in [4.69, 9.17) is 21.8 Å². The molecule has 0 aliphatic carbocycles. The van der Waals surface area contributed by atoms with Gasteiger partial charge in [0.05, 0.1) is 0 Å². The van der Waals surface area contributed by atoms with E-state index in [1.54, 1.807) is 0 Å². The molecule has 236 valence electrons. The summed E-state index contributed by atoms with van der Waals surface area (Å²) in [6, 6.07) is 1.56. The minimum atomic E-state index is -2.94. The summed E-state index contributed by atoms with van der Waals surface area (Å²) >= 11 is 0. The van der Waals surface area contributed by atoms with Crippen molar-refractivity contribution in [1.82, 2.24) is 10.6 Å². The van der Waals surface area contributed by atoms with Gasteiger partial charge in [-0.25, -0.2) is 0 Å². The standard InChI is InChI=1S/C30H68N2O5Si2/c1-7-13-15-17-19-21-25-31-27-23-29-38(33-9-3,34-10-4)37-39(35-11-5,36-12-6)30-24-28-32-26-22-20-18-16-14-8-2/h31-32H,7-30H2,1-6H3. The fraction of sp³-hybridized carbons (Fsp3) is 1.00. The Kier molecular flexibility index (Phi) is 28.4. The molecule has 0 heterocycles. The molecule has 0 aliphatic heterocycles. The van der Waals surface area contributed by atoms with E-state index in [1.165, 1.54) is 77.0 Å². The number of nitrogens with one attached hydrogen (secondary N) is 2. The van der Waals surface area contributed by atoms with Crippen molar-refractivity contribution in [2.75, 3.05) is 52.6 Å². The smallest absolute Gasteiger partial charge is 0.374 e. The van der Waals surface area contributed by atoms with E-state index in [0.717, 1.165) is 51.1 Å². The van der Waals surface area contributed by atoms with Crippen LogP contribution in [-0.2, 0) is 21.8 Å². The molecule has 0 radical (unpaired) electrons. The number of rotatable bonds is 32. The lowest BCUT2D eigenvalue weighted by Gasteiger charge is -2.38. The van der Waals surface area contributed by atoms with Gasteiger partial charge >= 0.3 is 17.6 Å². The summed E-state index contributed by atoms with van der Waals surface area (Å²) in [5, 5.41) is 7.23. The average molecular weight is 593 g/mol. The van der Waals surface area contributed by atoms with Gasteiger partial charge in [0.1, 0.15) is 0 Å². The van der Waals surface area contributed by atoms with Crippen molar-refractivity contribution in [3.05, 3.63) is 0 Å². The molecule has 0 fully saturated rings. The lowest BCUT2D eigenvalue weighted by molar-refractivity contribution is 0.0489. The summed E-state index contributed by atoms with van der Waals surface area (Å²) in [5.74, 6) is 0. The van der Waals surface area contributed by atoms with Crippen molar-refractivity contribution < 1.29 is 21.8 Å². The quantitative estimate of drug-likeness (QED) is 0.0612. The third-order valence-corrected chi connectivity index (χ3v) is 14.2. The molecule has 7 nitrogen and oxygen atoms in total. The topological polar surface area (TPSA) is 70.2 Å². The Bertz CT molecular complexity index is 452. The van der Waals surface area contributed by atoms with E-state index in [9.17, 15) is 0 Å². The maximum absolute atomic E-state index is 6.89. The van der Waals surface area contributed by atoms with Crippen LogP contribution in [0.25, 0.3) is 0 Å². The summed E-state index contributed by atoms with van der Waals surface area (Å²) in [5.41, 5.74) is 0. The van der Waals surface area contributed by atoms with Crippen LogP contribution in [0.1, 0.15) is 131 Å². The van der Waals surface area contributed by atoms with Crippen molar-refractivity contribution in [3.63, 3.8) is 0 Å². The maximum Gasteiger partial charge on any atom is 0.493 e. The first-order valence-electron chi connectivity index (χ1n) is 16.7. The van der Waals surface area contributed by atoms with Crippen molar-refractivity contribution in [1.29, 1.82) is 0 Å². The summed E-state index contributed by atoms with van der Waals surface area (Å²) in [6.45, 7) is 19.0. The van der Waals surface area contributed by atoms with E-state index in [0.29, 0.717) is 26.4 Å². The molecule has 39 heavy (non-hydrogen) atoms. The molecule has 0 bridgehead atoms. The first-order valence-corrected chi connectivity index (χ1v) is 20.6. The van der Waals surface area contributed by atoms with Crippen LogP contribution in [0.15, 0.2) is 0 Å². The van der Waals surface area contributed by atoms with Gasteiger partial charge in [-0.05, 0) is 79.6 Å². The van der Waals surface area contributed by atoms with Gasteiger partial charge in [0.25, 0.3) is 0 Å². The zero-order valence-corrected chi connectivity index (χ0v) is 29.0.